The first kappa shape index (κ1) is 32.7. The SMILES string of the molecule is Cc1c(F)cc(C(=O)NC[C@@H](N)c2ccccc2)cc1-c1ccc(C(=O)N[C@H](C)c2ccccc2)cc1C(=O)N(c1nccs1)C1CC1. The first-order valence-corrected chi connectivity index (χ1v) is 16.7. The Bertz CT molecular complexity index is 1930. The molecular formula is C38H36FN5O3S. The number of amides is 3. The van der Waals surface area contributed by atoms with Gasteiger partial charge in [-0.3, -0.25) is 19.3 Å². The maximum absolute atomic E-state index is 15.5. The van der Waals surface area contributed by atoms with Gasteiger partial charge < -0.3 is 16.4 Å². The standard InChI is InChI=1S/C38H36FN5O3S/c1-23-31(20-28(21-33(23)39)35(45)42-22-34(40)26-11-7-4-8-12-26)30-16-13-27(36(46)43-24(2)25-9-5-3-6-10-25)19-32(30)37(47)44(29-14-15-29)38-41-17-18-48-38/h3-13,16-21,24,29,34H,14-15,22,40H2,1-2H3,(H,42,45)(H,43,46)/t24-,34-/m1/s1. The number of anilines is 1. The quantitative estimate of drug-likeness (QED) is 0.141. The average molecular weight is 662 g/mol. The predicted molar refractivity (Wildman–Crippen MR) is 187 cm³/mol. The molecular weight excluding hydrogens is 626 g/mol. The Hall–Kier alpha value is -5.19. The lowest BCUT2D eigenvalue weighted by molar-refractivity contribution is 0.0935. The van der Waals surface area contributed by atoms with Crippen LogP contribution in [0, 0.1) is 12.7 Å². The lowest BCUT2D eigenvalue weighted by atomic mass is 9.91. The minimum atomic E-state index is -0.596. The van der Waals surface area contributed by atoms with E-state index in [2.05, 4.69) is 15.6 Å². The number of thiazole rings is 1. The van der Waals surface area contributed by atoms with Gasteiger partial charge in [0.2, 0.25) is 0 Å². The smallest absolute Gasteiger partial charge is 0.260 e. The maximum atomic E-state index is 15.5. The second-order valence-electron chi connectivity index (χ2n) is 11.9. The second-order valence-corrected chi connectivity index (χ2v) is 12.8. The number of hydrogen-bond donors (Lipinski definition) is 3. The van der Waals surface area contributed by atoms with Crippen molar-refractivity contribution in [2.24, 2.45) is 5.73 Å². The summed E-state index contributed by atoms with van der Waals surface area (Å²) in [6.07, 6.45) is 3.29. The van der Waals surface area contributed by atoms with Gasteiger partial charge in [-0.05, 0) is 78.8 Å². The number of nitrogens with one attached hydrogen (secondary N) is 2. The van der Waals surface area contributed by atoms with E-state index in [-0.39, 0.29) is 52.7 Å². The van der Waals surface area contributed by atoms with Crippen molar-refractivity contribution in [3.05, 3.63) is 142 Å². The van der Waals surface area contributed by atoms with E-state index >= 15 is 4.39 Å². The third kappa shape index (κ3) is 7.20. The third-order valence-corrected chi connectivity index (χ3v) is 9.29. The van der Waals surface area contributed by atoms with Crippen LogP contribution in [0.2, 0.25) is 0 Å². The number of rotatable bonds is 11. The molecule has 3 amide bonds. The molecule has 4 N–H and O–H groups in total. The summed E-state index contributed by atoms with van der Waals surface area (Å²) in [7, 11) is 0. The molecule has 0 spiro atoms. The second kappa shape index (κ2) is 14.3. The summed E-state index contributed by atoms with van der Waals surface area (Å²) in [5, 5.41) is 8.17. The van der Waals surface area contributed by atoms with E-state index in [0.717, 1.165) is 24.0 Å². The molecule has 0 bridgehead atoms. The van der Waals surface area contributed by atoms with Crippen molar-refractivity contribution >= 4 is 34.2 Å². The molecule has 1 heterocycles. The molecule has 1 fully saturated rings. The van der Waals surface area contributed by atoms with Gasteiger partial charge in [-0.15, -0.1) is 11.3 Å². The van der Waals surface area contributed by atoms with E-state index < -0.39 is 17.8 Å². The molecule has 1 aliphatic carbocycles. The monoisotopic (exact) mass is 661 g/mol. The van der Waals surface area contributed by atoms with Crippen LogP contribution < -0.4 is 21.3 Å². The van der Waals surface area contributed by atoms with Gasteiger partial charge >= 0.3 is 0 Å². The molecule has 4 aromatic carbocycles. The maximum Gasteiger partial charge on any atom is 0.260 e. The zero-order chi connectivity index (χ0) is 33.8. The van der Waals surface area contributed by atoms with Gasteiger partial charge in [0.25, 0.3) is 17.7 Å². The number of aromatic nitrogens is 1. The van der Waals surface area contributed by atoms with Crippen LogP contribution in [0.5, 0.6) is 0 Å². The number of halogens is 1. The van der Waals surface area contributed by atoms with Gasteiger partial charge in [-0.2, -0.15) is 0 Å². The number of hydrogen-bond acceptors (Lipinski definition) is 6. The van der Waals surface area contributed by atoms with E-state index in [4.69, 9.17) is 5.73 Å². The number of carbonyl (C=O) groups is 3. The van der Waals surface area contributed by atoms with E-state index in [9.17, 15) is 14.4 Å². The van der Waals surface area contributed by atoms with Crippen molar-refractivity contribution in [2.75, 3.05) is 11.4 Å². The summed E-state index contributed by atoms with van der Waals surface area (Å²) >= 11 is 1.35. The van der Waals surface area contributed by atoms with Crippen LogP contribution in [-0.2, 0) is 0 Å². The van der Waals surface area contributed by atoms with Gasteiger partial charge in [0.15, 0.2) is 5.13 Å². The number of nitrogens with zero attached hydrogens (tertiary/aromatic N) is 2. The molecule has 0 unspecified atom stereocenters. The molecule has 0 radical (unpaired) electrons. The Balaban J connectivity index is 1.36. The lowest BCUT2D eigenvalue weighted by Crippen LogP contribution is -2.34. The Morgan fingerprint density at radius 3 is 2.25 bits per heavy atom. The van der Waals surface area contributed by atoms with Gasteiger partial charge in [0.05, 0.1) is 6.04 Å². The van der Waals surface area contributed by atoms with Crippen molar-refractivity contribution < 1.29 is 18.8 Å². The van der Waals surface area contributed by atoms with E-state index in [1.807, 2.05) is 67.6 Å². The van der Waals surface area contributed by atoms with Crippen molar-refractivity contribution in [1.82, 2.24) is 15.6 Å². The van der Waals surface area contributed by atoms with Crippen LogP contribution in [0.25, 0.3) is 11.1 Å². The fourth-order valence-corrected chi connectivity index (χ4v) is 6.33. The van der Waals surface area contributed by atoms with E-state index in [1.54, 1.807) is 47.7 Å². The minimum Gasteiger partial charge on any atom is -0.350 e. The number of carbonyl (C=O) groups excluding carboxylic acids is 3. The van der Waals surface area contributed by atoms with Gasteiger partial charge in [-0.1, -0.05) is 66.7 Å². The van der Waals surface area contributed by atoms with Crippen LogP contribution in [0.1, 0.15) is 79.6 Å². The molecule has 0 aliphatic heterocycles. The van der Waals surface area contributed by atoms with Gasteiger partial charge in [0, 0.05) is 46.9 Å². The predicted octanol–water partition coefficient (Wildman–Crippen LogP) is 6.99. The fourth-order valence-electron chi connectivity index (χ4n) is 5.62. The van der Waals surface area contributed by atoms with Crippen LogP contribution in [0.15, 0.2) is 103 Å². The zero-order valence-corrected chi connectivity index (χ0v) is 27.5. The minimum absolute atomic E-state index is 0.0316. The molecule has 10 heteroatoms. The molecule has 8 nitrogen and oxygen atoms in total. The van der Waals surface area contributed by atoms with Crippen LogP contribution in [0.4, 0.5) is 9.52 Å². The van der Waals surface area contributed by atoms with Crippen LogP contribution in [0.3, 0.4) is 0 Å². The largest absolute Gasteiger partial charge is 0.350 e. The molecule has 244 valence electrons. The summed E-state index contributed by atoms with van der Waals surface area (Å²) in [5.41, 5.74) is 9.70. The summed E-state index contributed by atoms with van der Waals surface area (Å²) in [6.45, 7) is 3.64. The topological polar surface area (TPSA) is 117 Å². The van der Waals surface area contributed by atoms with Gasteiger partial charge in [-0.25, -0.2) is 9.37 Å². The molecule has 2 atom stereocenters. The van der Waals surface area contributed by atoms with Crippen LogP contribution in [-0.4, -0.2) is 35.3 Å². The summed E-state index contributed by atoms with van der Waals surface area (Å²) in [4.78, 5) is 47.3. The first-order chi connectivity index (χ1) is 23.2. The molecule has 48 heavy (non-hydrogen) atoms. The summed E-state index contributed by atoms with van der Waals surface area (Å²) < 4.78 is 15.5. The molecule has 1 aliphatic rings. The highest BCUT2D eigenvalue weighted by molar-refractivity contribution is 7.13. The van der Waals surface area contributed by atoms with E-state index in [1.165, 1.54) is 17.4 Å². The van der Waals surface area contributed by atoms with Crippen molar-refractivity contribution in [3.8, 4) is 11.1 Å². The highest BCUT2D eigenvalue weighted by Crippen LogP contribution is 2.37. The summed E-state index contributed by atoms with van der Waals surface area (Å²) in [6, 6.07) is 25.8. The fraction of sp³-hybridized carbons (Fsp3) is 0.211. The average Bonchev–Trinajstić information content (AvgIpc) is 3.80. The van der Waals surface area contributed by atoms with Crippen LogP contribution >= 0.6 is 11.3 Å². The number of benzene rings is 4. The molecule has 1 aromatic heterocycles. The highest BCUT2D eigenvalue weighted by atomic mass is 32.1. The number of nitrogens with two attached hydrogens (primary N) is 1. The third-order valence-electron chi connectivity index (χ3n) is 8.52. The summed E-state index contributed by atoms with van der Waals surface area (Å²) in [5.74, 6) is -1.80. The Morgan fingerprint density at radius 1 is 0.917 bits per heavy atom. The normalized spacial score (nSPS) is 13.8. The highest BCUT2D eigenvalue weighted by Gasteiger charge is 2.37. The van der Waals surface area contributed by atoms with Gasteiger partial charge in [0.1, 0.15) is 5.82 Å². The lowest BCUT2D eigenvalue weighted by Gasteiger charge is -2.23. The zero-order valence-electron chi connectivity index (χ0n) is 26.7. The Morgan fingerprint density at radius 2 is 1.60 bits per heavy atom. The molecule has 6 rings (SSSR count). The molecule has 5 aromatic rings. The first-order valence-electron chi connectivity index (χ1n) is 15.8. The Kier molecular flexibility index (Phi) is 9.75. The molecule has 0 saturated heterocycles. The van der Waals surface area contributed by atoms with Crippen molar-refractivity contribution in [3.63, 3.8) is 0 Å². The van der Waals surface area contributed by atoms with Crippen molar-refractivity contribution in [2.45, 2.75) is 44.8 Å². The van der Waals surface area contributed by atoms with Crippen molar-refractivity contribution in [1.29, 1.82) is 0 Å². The molecule has 1 saturated carbocycles. The Labute approximate surface area is 282 Å². The van der Waals surface area contributed by atoms with E-state index in [0.29, 0.717) is 16.3 Å².